The van der Waals surface area contributed by atoms with Crippen molar-refractivity contribution in [2.75, 3.05) is 5.32 Å². The van der Waals surface area contributed by atoms with Crippen LogP contribution >= 0.6 is 11.3 Å². The van der Waals surface area contributed by atoms with Gasteiger partial charge in [0.1, 0.15) is 0 Å². The number of thiazole rings is 1. The van der Waals surface area contributed by atoms with Crippen molar-refractivity contribution in [2.24, 2.45) is 0 Å². The molecule has 0 atom stereocenters. The first kappa shape index (κ1) is 12.1. The van der Waals surface area contributed by atoms with Crippen LogP contribution in [0.3, 0.4) is 0 Å². The van der Waals surface area contributed by atoms with Crippen LogP contribution in [0.5, 0.6) is 0 Å². The topological polar surface area (TPSA) is 42.0 Å². The van der Waals surface area contributed by atoms with Crippen LogP contribution in [-0.2, 0) is 17.6 Å². The summed E-state index contributed by atoms with van der Waals surface area (Å²) >= 11 is 1.51. The number of nitrogens with one attached hydrogen (secondary N) is 1. The maximum Gasteiger partial charge on any atom is 0.248 e. The standard InChI is InChI=1S/C15H14N2OS/c18-15(7-6-14-9-19-10-16-14)17-13-5-4-11-2-1-3-12(11)8-13/h4-10H,1-3H2,(H,17,18)/b7-6-. The van der Waals surface area contributed by atoms with Gasteiger partial charge in [-0.05, 0) is 48.6 Å². The van der Waals surface area contributed by atoms with Crippen LogP contribution in [0.2, 0.25) is 0 Å². The molecule has 0 bridgehead atoms. The summed E-state index contributed by atoms with van der Waals surface area (Å²) in [6.45, 7) is 0. The van der Waals surface area contributed by atoms with E-state index in [0.29, 0.717) is 0 Å². The molecule has 3 rings (SSSR count). The Kier molecular flexibility index (Phi) is 3.42. The Hall–Kier alpha value is -1.94. The van der Waals surface area contributed by atoms with Gasteiger partial charge in [0.05, 0.1) is 11.2 Å². The molecule has 0 unspecified atom stereocenters. The lowest BCUT2D eigenvalue weighted by atomic mass is 10.1. The third-order valence-electron chi connectivity index (χ3n) is 3.22. The number of nitrogens with zero attached hydrogens (tertiary/aromatic N) is 1. The van der Waals surface area contributed by atoms with Crippen molar-refractivity contribution >= 4 is 29.0 Å². The van der Waals surface area contributed by atoms with Crippen LogP contribution in [0.4, 0.5) is 5.69 Å². The first-order valence-corrected chi connectivity index (χ1v) is 7.24. The number of aromatic nitrogens is 1. The lowest BCUT2D eigenvalue weighted by molar-refractivity contribution is -0.111. The fourth-order valence-electron chi connectivity index (χ4n) is 2.30. The number of fused-ring (bicyclic) bond motifs is 1. The molecule has 1 aromatic heterocycles. The number of benzene rings is 1. The van der Waals surface area contributed by atoms with E-state index in [1.54, 1.807) is 11.6 Å². The Morgan fingerprint density at radius 1 is 1.32 bits per heavy atom. The van der Waals surface area contributed by atoms with Crippen molar-refractivity contribution in [3.05, 3.63) is 52.0 Å². The summed E-state index contributed by atoms with van der Waals surface area (Å²) in [6, 6.07) is 6.16. The number of anilines is 1. The van der Waals surface area contributed by atoms with Gasteiger partial charge in [0.25, 0.3) is 0 Å². The maximum atomic E-state index is 11.8. The second kappa shape index (κ2) is 5.36. The van der Waals surface area contributed by atoms with Crippen LogP contribution in [0.25, 0.3) is 6.08 Å². The van der Waals surface area contributed by atoms with Crippen molar-refractivity contribution < 1.29 is 4.79 Å². The average molecular weight is 270 g/mol. The quantitative estimate of drug-likeness (QED) is 0.870. The molecule has 1 heterocycles. The van der Waals surface area contributed by atoms with Gasteiger partial charge in [0.15, 0.2) is 0 Å². The first-order valence-electron chi connectivity index (χ1n) is 6.30. The molecule has 0 fully saturated rings. The predicted molar refractivity (Wildman–Crippen MR) is 78.2 cm³/mol. The molecule has 0 spiro atoms. The van der Waals surface area contributed by atoms with Gasteiger partial charge in [-0.2, -0.15) is 0 Å². The number of carbonyl (C=O) groups is 1. The first-order chi connectivity index (χ1) is 9.31. The Labute approximate surface area is 116 Å². The van der Waals surface area contributed by atoms with E-state index < -0.39 is 0 Å². The second-order valence-electron chi connectivity index (χ2n) is 4.57. The fourth-order valence-corrected chi connectivity index (χ4v) is 2.82. The van der Waals surface area contributed by atoms with E-state index in [1.165, 1.54) is 35.0 Å². The Morgan fingerprint density at radius 2 is 2.21 bits per heavy atom. The van der Waals surface area contributed by atoms with Gasteiger partial charge < -0.3 is 5.32 Å². The average Bonchev–Trinajstić information content (AvgIpc) is 3.07. The molecule has 3 nitrogen and oxygen atoms in total. The number of aryl methyl sites for hydroxylation is 2. The van der Waals surface area contributed by atoms with E-state index in [-0.39, 0.29) is 5.91 Å². The minimum absolute atomic E-state index is 0.119. The molecule has 4 heteroatoms. The van der Waals surface area contributed by atoms with E-state index in [0.717, 1.165) is 24.2 Å². The van der Waals surface area contributed by atoms with Gasteiger partial charge in [-0.25, -0.2) is 4.98 Å². The van der Waals surface area contributed by atoms with Gasteiger partial charge in [0, 0.05) is 17.1 Å². The molecule has 1 amide bonds. The highest BCUT2D eigenvalue weighted by molar-refractivity contribution is 7.07. The van der Waals surface area contributed by atoms with Crippen molar-refractivity contribution in [1.82, 2.24) is 4.98 Å². The summed E-state index contributed by atoms with van der Waals surface area (Å²) in [4.78, 5) is 15.9. The highest BCUT2D eigenvalue weighted by Crippen LogP contribution is 2.24. The highest BCUT2D eigenvalue weighted by atomic mass is 32.1. The molecule has 1 aromatic carbocycles. The van der Waals surface area contributed by atoms with Crippen LogP contribution in [0.1, 0.15) is 23.2 Å². The van der Waals surface area contributed by atoms with Crippen LogP contribution in [-0.4, -0.2) is 10.9 Å². The van der Waals surface area contributed by atoms with Crippen molar-refractivity contribution in [2.45, 2.75) is 19.3 Å². The summed E-state index contributed by atoms with van der Waals surface area (Å²) in [5, 5.41) is 4.79. The molecular weight excluding hydrogens is 256 g/mol. The van der Waals surface area contributed by atoms with Gasteiger partial charge in [-0.3, -0.25) is 4.79 Å². The van der Waals surface area contributed by atoms with E-state index in [4.69, 9.17) is 0 Å². The summed E-state index contributed by atoms with van der Waals surface area (Å²) in [6.07, 6.45) is 6.74. The summed E-state index contributed by atoms with van der Waals surface area (Å²) in [5.74, 6) is -0.119. The van der Waals surface area contributed by atoms with E-state index >= 15 is 0 Å². The number of amides is 1. The molecule has 0 radical (unpaired) electrons. The van der Waals surface area contributed by atoms with Crippen LogP contribution < -0.4 is 5.32 Å². The van der Waals surface area contributed by atoms with Gasteiger partial charge in [0.2, 0.25) is 5.91 Å². The molecule has 1 aliphatic carbocycles. The molecule has 0 saturated carbocycles. The van der Waals surface area contributed by atoms with Crippen molar-refractivity contribution in [3.63, 3.8) is 0 Å². The molecule has 2 aromatic rings. The van der Waals surface area contributed by atoms with Gasteiger partial charge in [-0.1, -0.05) is 6.07 Å². The molecule has 19 heavy (non-hydrogen) atoms. The minimum Gasteiger partial charge on any atom is -0.323 e. The second-order valence-corrected chi connectivity index (χ2v) is 5.29. The lowest BCUT2D eigenvalue weighted by Gasteiger charge is -2.05. The Morgan fingerprint density at radius 3 is 3.05 bits per heavy atom. The number of hydrogen-bond donors (Lipinski definition) is 1. The monoisotopic (exact) mass is 270 g/mol. The molecular formula is C15H14N2OS. The third-order valence-corrected chi connectivity index (χ3v) is 3.83. The fraction of sp³-hybridized carbons (Fsp3) is 0.200. The SMILES string of the molecule is O=C(/C=C\c1cscn1)Nc1ccc2c(c1)CCC2. The smallest absolute Gasteiger partial charge is 0.248 e. The van der Waals surface area contributed by atoms with Crippen molar-refractivity contribution in [1.29, 1.82) is 0 Å². The summed E-state index contributed by atoms with van der Waals surface area (Å²) in [7, 11) is 0. The zero-order valence-electron chi connectivity index (χ0n) is 10.4. The number of rotatable bonds is 3. The van der Waals surface area contributed by atoms with Gasteiger partial charge >= 0.3 is 0 Å². The molecule has 1 aliphatic rings. The maximum absolute atomic E-state index is 11.8. The van der Waals surface area contributed by atoms with E-state index in [1.807, 2.05) is 11.4 Å². The van der Waals surface area contributed by atoms with Crippen LogP contribution in [0.15, 0.2) is 35.2 Å². The van der Waals surface area contributed by atoms with Crippen molar-refractivity contribution in [3.8, 4) is 0 Å². The normalized spacial score (nSPS) is 13.7. The lowest BCUT2D eigenvalue weighted by Crippen LogP contribution is -2.08. The number of hydrogen-bond acceptors (Lipinski definition) is 3. The zero-order valence-corrected chi connectivity index (χ0v) is 11.2. The third kappa shape index (κ3) is 2.90. The Balaban J connectivity index is 1.66. The van der Waals surface area contributed by atoms with Gasteiger partial charge in [-0.15, -0.1) is 11.3 Å². The minimum atomic E-state index is -0.119. The highest BCUT2D eigenvalue weighted by Gasteiger charge is 2.11. The summed E-state index contributed by atoms with van der Waals surface area (Å²) in [5.41, 5.74) is 6.21. The van der Waals surface area contributed by atoms with Crippen LogP contribution in [0, 0.1) is 0 Å². The molecule has 96 valence electrons. The predicted octanol–water partition coefficient (Wildman–Crippen LogP) is 3.28. The molecule has 0 saturated heterocycles. The van der Waals surface area contributed by atoms with E-state index in [9.17, 15) is 4.79 Å². The zero-order chi connectivity index (χ0) is 13.1. The summed E-state index contributed by atoms with van der Waals surface area (Å²) < 4.78 is 0. The largest absolute Gasteiger partial charge is 0.323 e. The number of carbonyl (C=O) groups excluding carboxylic acids is 1. The Bertz CT molecular complexity index is 617. The molecule has 0 aliphatic heterocycles. The van der Waals surface area contributed by atoms with E-state index in [2.05, 4.69) is 22.4 Å². The molecule has 1 N–H and O–H groups in total.